The third-order valence-electron chi connectivity index (χ3n) is 2.51. The number of aliphatic hydroxyl groups excluding tert-OH is 1. The van der Waals surface area contributed by atoms with Gasteiger partial charge in [-0.15, -0.1) is 11.3 Å². The first kappa shape index (κ1) is 10.1. The molecule has 1 fully saturated rings. The monoisotopic (exact) mass is 213 g/mol. The number of aliphatic hydroxyl groups is 1. The van der Waals surface area contributed by atoms with Crippen molar-refractivity contribution in [1.82, 2.24) is 4.98 Å². The number of aromatic nitrogens is 1. The minimum Gasteiger partial charge on any atom is -0.390 e. The van der Waals surface area contributed by atoms with Crippen molar-refractivity contribution in [3.8, 4) is 0 Å². The molecule has 1 N–H and O–H groups in total. The van der Waals surface area contributed by atoms with Gasteiger partial charge >= 0.3 is 0 Å². The van der Waals surface area contributed by atoms with Crippen molar-refractivity contribution in [2.45, 2.75) is 37.9 Å². The van der Waals surface area contributed by atoms with Crippen molar-refractivity contribution in [3.63, 3.8) is 0 Å². The lowest BCUT2D eigenvalue weighted by Crippen LogP contribution is -2.33. The first-order valence-electron chi connectivity index (χ1n) is 5.04. The minimum atomic E-state index is -0.388. The van der Waals surface area contributed by atoms with E-state index < -0.39 is 0 Å². The molecule has 2 unspecified atom stereocenters. The van der Waals surface area contributed by atoms with Crippen LogP contribution in [0.2, 0.25) is 0 Å². The molecule has 0 aromatic carbocycles. The highest BCUT2D eigenvalue weighted by molar-refractivity contribution is 7.09. The van der Waals surface area contributed by atoms with Gasteiger partial charge in [0, 0.05) is 24.6 Å². The standard InChI is InChI=1S/C10H15NO2S/c12-8(7-10-11-4-6-14-10)9-3-1-2-5-13-9/h4,6,8-9,12H,1-3,5,7H2. The van der Waals surface area contributed by atoms with E-state index in [4.69, 9.17) is 4.74 Å². The molecule has 1 aromatic rings. The summed E-state index contributed by atoms with van der Waals surface area (Å²) in [7, 11) is 0. The van der Waals surface area contributed by atoms with Crippen molar-refractivity contribution >= 4 is 11.3 Å². The second-order valence-corrected chi connectivity index (χ2v) is 4.58. The number of hydrogen-bond acceptors (Lipinski definition) is 4. The Bertz CT molecular complexity index is 257. The minimum absolute atomic E-state index is 0.0210. The molecule has 2 rings (SSSR count). The Morgan fingerprint density at radius 2 is 2.57 bits per heavy atom. The van der Waals surface area contributed by atoms with E-state index in [9.17, 15) is 5.11 Å². The molecular formula is C10H15NO2S. The zero-order valence-corrected chi connectivity index (χ0v) is 8.87. The Morgan fingerprint density at radius 3 is 3.21 bits per heavy atom. The smallest absolute Gasteiger partial charge is 0.0951 e. The second kappa shape index (κ2) is 4.87. The molecule has 78 valence electrons. The van der Waals surface area contributed by atoms with Crippen LogP contribution < -0.4 is 0 Å². The van der Waals surface area contributed by atoms with Crippen LogP contribution in [0, 0.1) is 0 Å². The van der Waals surface area contributed by atoms with Crippen molar-refractivity contribution in [2.75, 3.05) is 6.61 Å². The molecular weight excluding hydrogens is 198 g/mol. The van der Waals surface area contributed by atoms with Crippen LogP contribution in [-0.4, -0.2) is 28.9 Å². The second-order valence-electron chi connectivity index (χ2n) is 3.60. The highest BCUT2D eigenvalue weighted by Crippen LogP contribution is 2.19. The lowest BCUT2D eigenvalue weighted by atomic mass is 10.0. The molecule has 1 saturated heterocycles. The molecule has 0 saturated carbocycles. The van der Waals surface area contributed by atoms with Crippen LogP contribution in [-0.2, 0) is 11.2 Å². The van der Waals surface area contributed by atoms with Crippen LogP contribution in [0.5, 0.6) is 0 Å². The Hall–Kier alpha value is -0.450. The lowest BCUT2D eigenvalue weighted by molar-refractivity contribution is -0.0611. The van der Waals surface area contributed by atoms with E-state index in [0.717, 1.165) is 24.5 Å². The van der Waals surface area contributed by atoms with E-state index in [1.54, 1.807) is 17.5 Å². The molecule has 0 amide bonds. The average Bonchev–Trinajstić information content (AvgIpc) is 2.72. The van der Waals surface area contributed by atoms with E-state index in [-0.39, 0.29) is 12.2 Å². The van der Waals surface area contributed by atoms with E-state index in [2.05, 4.69) is 4.98 Å². The summed E-state index contributed by atoms with van der Waals surface area (Å²) in [5, 5.41) is 12.8. The van der Waals surface area contributed by atoms with Crippen LogP contribution in [0.15, 0.2) is 11.6 Å². The molecule has 2 atom stereocenters. The maximum Gasteiger partial charge on any atom is 0.0951 e. The zero-order chi connectivity index (χ0) is 9.80. The first-order valence-corrected chi connectivity index (χ1v) is 5.92. The maximum atomic E-state index is 9.89. The van der Waals surface area contributed by atoms with Crippen molar-refractivity contribution in [3.05, 3.63) is 16.6 Å². The van der Waals surface area contributed by atoms with Gasteiger partial charge in [0.15, 0.2) is 0 Å². The Kier molecular flexibility index (Phi) is 3.50. The van der Waals surface area contributed by atoms with Crippen LogP contribution >= 0.6 is 11.3 Å². The molecule has 14 heavy (non-hydrogen) atoms. The highest BCUT2D eigenvalue weighted by atomic mass is 32.1. The summed E-state index contributed by atoms with van der Waals surface area (Å²) in [6.45, 7) is 0.791. The largest absolute Gasteiger partial charge is 0.390 e. The fraction of sp³-hybridized carbons (Fsp3) is 0.700. The Labute approximate surface area is 87.7 Å². The van der Waals surface area contributed by atoms with Gasteiger partial charge in [0.2, 0.25) is 0 Å². The van der Waals surface area contributed by atoms with Crippen LogP contribution in [0.25, 0.3) is 0 Å². The summed E-state index contributed by atoms with van der Waals surface area (Å²) >= 11 is 1.59. The zero-order valence-electron chi connectivity index (χ0n) is 8.06. The number of hydrogen-bond donors (Lipinski definition) is 1. The Balaban J connectivity index is 1.85. The van der Waals surface area contributed by atoms with Crippen LogP contribution in [0.3, 0.4) is 0 Å². The lowest BCUT2D eigenvalue weighted by Gasteiger charge is -2.26. The van der Waals surface area contributed by atoms with Gasteiger partial charge in [0.05, 0.1) is 17.2 Å². The molecule has 1 aliphatic heterocycles. The van der Waals surface area contributed by atoms with Gasteiger partial charge in [0.25, 0.3) is 0 Å². The summed E-state index contributed by atoms with van der Waals surface area (Å²) in [6, 6.07) is 0. The summed E-state index contributed by atoms with van der Waals surface area (Å²) < 4.78 is 5.52. The van der Waals surface area contributed by atoms with Gasteiger partial charge < -0.3 is 9.84 Å². The van der Waals surface area contributed by atoms with E-state index in [1.165, 1.54) is 6.42 Å². The number of ether oxygens (including phenoxy) is 1. The molecule has 0 spiro atoms. The topological polar surface area (TPSA) is 42.4 Å². The summed E-state index contributed by atoms with van der Waals surface area (Å²) in [6.07, 6.45) is 5.30. The fourth-order valence-corrected chi connectivity index (χ4v) is 2.40. The molecule has 1 aromatic heterocycles. The number of nitrogens with zero attached hydrogens (tertiary/aromatic N) is 1. The maximum absolute atomic E-state index is 9.89. The van der Waals surface area contributed by atoms with Crippen molar-refractivity contribution in [1.29, 1.82) is 0 Å². The van der Waals surface area contributed by atoms with Crippen LogP contribution in [0.4, 0.5) is 0 Å². The van der Waals surface area contributed by atoms with E-state index in [1.807, 2.05) is 5.38 Å². The molecule has 1 aliphatic rings. The van der Waals surface area contributed by atoms with E-state index in [0.29, 0.717) is 6.42 Å². The average molecular weight is 213 g/mol. The SMILES string of the molecule is OC(Cc1nccs1)C1CCCCO1. The van der Waals surface area contributed by atoms with Gasteiger partial charge in [-0.3, -0.25) is 0 Å². The number of rotatable bonds is 3. The van der Waals surface area contributed by atoms with Gasteiger partial charge in [-0.2, -0.15) is 0 Å². The van der Waals surface area contributed by atoms with Gasteiger partial charge in [-0.25, -0.2) is 4.98 Å². The molecule has 0 aliphatic carbocycles. The van der Waals surface area contributed by atoms with Gasteiger partial charge in [-0.1, -0.05) is 0 Å². The third-order valence-corrected chi connectivity index (χ3v) is 3.31. The van der Waals surface area contributed by atoms with Crippen molar-refractivity contribution in [2.24, 2.45) is 0 Å². The van der Waals surface area contributed by atoms with Crippen LogP contribution in [0.1, 0.15) is 24.3 Å². The summed E-state index contributed by atoms with van der Waals surface area (Å²) in [4.78, 5) is 4.15. The highest BCUT2D eigenvalue weighted by Gasteiger charge is 2.23. The van der Waals surface area contributed by atoms with Gasteiger partial charge in [0.1, 0.15) is 0 Å². The van der Waals surface area contributed by atoms with E-state index >= 15 is 0 Å². The fourth-order valence-electron chi connectivity index (χ4n) is 1.73. The normalized spacial score (nSPS) is 24.8. The summed E-state index contributed by atoms with van der Waals surface area (Å²) in [5.41, 5.74) is 0. The first-order chi connectivity index (χ1) is 6.86. The predicted molar refractivity (Wildman–Crippen MR) is 55.4 cm³/mol. The summed E-state index contributed by atoms with van der Waals surface area (Å²) in [5.74, 6) is 0. The quantitative estimate of drug-likeness (QED) is 0.829. The predicted octanol–water partition coefficient (Wildman–Crippen LogP) is 1.62. The third kappa shape index (κ3) is 2.53. The molecule has 2 heterocycles. The number of thiazole rings is 1. The molecule has 3 nitrogen and oxygen atoms in total. The van der Waals surface area contributed by atoms with Gasteiger partial charge in [-0.05, 0) is 19.3 Å². The molecule has 4 heteroatoms. The molecule has 0 bridgehead atoms. The Morgan fingerprint density at radius 1 is 1.64 bits per heavy atom. The molecule has 0 radical (unpaired) electrons. The van der Waals surface area contributed by atoms with Crippen molar-refractivity contribution < 1.29 is 9.84 Å².